The Kier molecular flexibility index (Phi) is 9.48. The summed E-state index contributed by atoms with van der Waals surface area (Å²) < 4.78 is 46.5. The molecule has 0 bridgehead atoms. The number of amidine groups is 1. The zero-order valence-corrected chi connectivity index (χ0v) is 22.4. The predicted octanol–water partition coefficient (Wildman–Crippen LogP) is 3.17. The molecule has 37 heavy (non-hydrogen) atoms. The Balaban J connectivity index is 1.50. The topological polar surface area (TPSA) is 120 Å². The quantitative estimate of drug-likeness (QED) is 0.435. The van der Waals surface area contributed by atoms with Crippen LogP contribution in [0.5, 0.6) is 0 Å². The minimum Gasteiger partial charge on any atom is -0.465 e. The summed E-state index contributed by atoms with van der Waals surface area (Å²) in [6, 6.07) is 8.50. The van der Waals surface area contributed by atoms with Crippen molar-refractivity contribution in [1.82, 2.24) is 14.1 Å². The van der Waals surface area contributed by atoms with E-state index < -0.39 is 27.8 Å². The van der Waals surface area contributed by atoms with Crippen molar-refractivity contribution in [3.8, 4) is 0 Å². The Morgan fingerprint density at radius 3 is 2.62 bits per heavy atom. The van der Waals surface area contributed by atoms with Gasteiger partial charge in [0.15, 0.2) is 0 Å². The lowest BCUT2D eigenvalue weighted by Gasteiger charge is -2.20. The second-order valence-corrected chi connectivity index (χ2v) is 10.9. The third-order valence-electron chi connectivity index (χ3n) is 5.60. The van der Waals surface area contributed by atoms with Crippen molar-refractivity contribution >= 4 is 51.1 Å². The van der Waals surface area contributed by atoms with Crippen LogP contribution in [0.2, 0.25) is 10.0 Å². The number of rotatable bonds is 10. The summed E-state index contributed by atoms with van der Waals surface area (Å²) in [5.74, 6) is -0.867. The maximum absolute atomic E-state index is 14.7. The van der Waals surface area contributed by atoms with Gasteiger partial charge in [0.25, 0.3) is 0 Å². The lowest BCUT2D eigenvalue weighted by atomic mass is 10.1. The second-order valence-electron chi connectivity index (χ2n) is 8.13. The maximum Gasteiger partial charge on any atom is 0.413 e. The summed E-state index contributed by atoms with van der Waals surface area (Å²) >= 11 is 11.9. The number of carbonyl (C=O) groups excluding carboxylic acids is 1. The molecule has 1 aliphatic heterocycles. The summed E-state index contributed by atoms with van der Waals surface area (Å²) in [4.78, 5) is 30.0. The van der Waals surface area contributed by atoms with E-state index in [9.17, 15) is 27.5 Å². The van der Waals surface area contributed by atoms with Crippen molar-refractivity contribution < 1.29 is 32.2 Å². The number of ether oxygens (including phenoxy) is 1. The molecule has 0 aliphatic carbocycles. The van der Waals surface area contributed by atoms with Gasteiger partial charge < -0.3 is 14.7 Å². The highest BCUT2D eigenvalue weighted by Crippen LogP contribution is 2.30. The van der Waals surface area contributed by atoms with Gasteiger partial charge in [0.05, 0.1) is 29.7 Å². The Hall–Kier alpha value is -2.77. The highest BCUT2D eigenvalue weighted by Gasteiger charge is 2.26. The molecular formula is C23H25Cl2FN4O6S. The normalized spacial score (nSPS) is 13.7. The molecule has 2 aromatic rings. The van der Waals surface area contributed by atoms with Crippen LogP contribution in [0.25, 0.3) is 0 Å². The molecule has 0 spiro atoms. The van der Waals surface area contributed by atoms with Crippen molar-refractivity contribution in [2.45, 2.75) is 11.4 Å². The number of aliphatic imine (C=N–C) groups is 1. The van der Waals surface area contributed by atoms with E-state index in [0.717, 1.165) is 9.21 Å². The van der Waals surface area contributed by atoms with Gasteiger partial charge in [-0.25, -0.2) is 17.6 Å². The van der Waals surface area contributed by atoms with Gasteiger partial charge >= 0.3 is 6.09 Å². The Labute approximate surface area is 223 Å². The third kappa shape index (κ3) is 6.76. The van der Waals surface area contributed by atoms with Gasteiger partial charge in [0.1, 0.15) is 23.2 Å². The number of hydrogen-bond acceptors (Lipinski definition) is 6. The molecule has 200 valence electrons. The number of amides is 2. The van der Waals surface area contributed by atoms with Crippen LogP contribution < -0.4 is 0 Å². The van der Waals surface area contributed by atoms with Gasteiger partial charge in [-0.05, 0) is 18.2 Å². The zero-order chi connectivity index (χ0) is 27.3. The first-order chi connectivity index (χ1) is 17.4. The Bertz CT molecular complexity index is 1320. The van der Waals surface area contributed by atoms with Crippen LogP contribution in [0.3, 0.4) is 0 Å². The van der Waals surface area contributed by atoms with Crippen LogP contribution in [0.4, 0.5) is 9.18 Å². The van der Waals surface area contributed by atoms with Crippen molar-refractivity contribution in [3.63, 3.8) is 0 Å². The second kappa shape index (κ2) is 12.2. The molecular weight excluding hydrogens is 550 g/mol. The number of likely N-dealkylation sites (N-methyl/N-ethyl adjacent to an activating group) is 2. The van der Waals surface area contributed by atoms with E-state index >= 15 is 0 Å². The first kappa shape index (κ1) is 28.8. The number of nitrogens with zero attached hydrogens (tertiary/aromatic N) is 4. The number of hydrogen-bond donors (Lipinski definition) is 1. The van der Waals surface area contributed by atoms with E-state index in [1.807, 2.05) is 0 Å². The zero-order valence-electron chi connectivity index (χ0n) is 20.0. The van der Waals surface area contributed by atoms with Gasteiger partial charge in [-0.15, -0.1) is 0 Å². The Morgan fingerprint density at radius 1 is 1.22 bits per heavy atom. The molecule has 0 aromatic heterocycles. The van der Waals surface area contributed by atoms with Crippen molar-refractivity contribution in [2.75, 3.05) is 46.9 Å². The fourth-order valence-corrected chi connectivity index (χ4v) is 5.36. The van der Waals surface area contributed by atoms with E-state index in [2.05, 4.69) is 4.99 Å². The molecule has 3 rings (SSSR count). The van der Waals surface area contributed by atoms with Crippen LogP contribution in [0.15, 0.2) is 46.3 Å². The smallest absolute Gasteiger partial charge is 0.413 e. The summed E-state index contributed by atoms with van der Waals surface area (Å²) in [5, 5.41) is 9.27. The third-order valence-corrected chi connectivity index (χ3v) is 8.43. The van der Waals surface area contributed by atoms with Crippen LogP contribution >= 0.6 is 23.2 Å². The van der Waals surface area contributed by atoms with Crippen molar-refractivity contribution in [3.05, 3.63) is 63.4 Å². The highest BCUT2D eigenvalue weighted by atomic mass is 35.5. The van der Waals surface area contributed by atoms with Gasteiger partial charge in [0, 0.05) is 38.3 Å². The minimum atomic E-state index is -3.92. The highest BCUT2D eigenvalue weighted by molar-refractivity contribution is 7.89. The van der Waals surface area contributed by atoms with E-state index in [1.165, 1.54) is 49.3 Å². The molecule has 14 heteroatoms. The lowest BCUT2D eigenvalue weighted by Crippen LogP contribution is -2.34. The average Bonchev–Trinajstić information content (AvgIpc) is 3.34. The molecule has 2 amide bonds. The molecule has 0 atom stereocenters. The maximum atomic E-state index is 14.7. The van der Waals surface area contributed by atoms with Gasteiger partial charge in [0.2, 0.25) is 15.9 Å². The number of sulfonamides is 1. The minimum absolute atomic E-state index is 0.0461. The molecule has 0 unspecified atom stereocenters. The van der Waals surface area contributed by atoms with Crippen molar-refractivity contribution in [1.29, 1.82) is 0 Å². The van der Waals surface area contributed by atoms with Gasteiger partial charge in [-0.2, -0.15) is 4.31 Å². The van der Waals surface area contributed by atoms with Crippen LogP contribution in [-0.4, -0.2) is 92.4 Å². The lowest BCUT2D eigenvalue weighted by molar-refractivity contribution is -0.135. The van der Waals surface area contributed by atoms with Gasteiger partial charge in [-0.1, -0.05) is 41.4 Å². The average molecular weight is 575 g/mol. The first-order valence-electron chi connectivity index (χ1n) is 11.0. The number of carbonyl (C=O) groups is 2. The number of benzene rings is 2. The summed E-state index contributed by atoms with van der Waals surface area (Å²) in [6.45, 7) is 0.00524. The standard InChI is InChI=1S/C23H25Cl2FN4O6S/c1-28(13-16-7-6-15(12-18(16)26)22-27-8-9-30(22)23(32)33)20(31)14-36-11-10-29(2)37(34,35)19-5-3-4-17(24)21(19)25/h3-7,12H,8-11,13-14H2,1-2H3,(H,32,33). The Morgan fingerprint density at radius 2 is 1.95 bits per heavy atom. The summed E-state index contributed by atoms with van der Waals surface area (Å²) in [6.07, 6.45) is -1.16. The predicted molar refractivity (Wildman–Crippen MR) is 136 cm³/mol. The fourth-order valence-electron chi connectivity index (χ4n) is 3.47. The van der Waals surface area contributed by atoms with Gasteiger partial charge in [-0.3, -0.25) is 14.7 Å². The molecule has 2 aromatic carbocycles. The fraction of sp³-hybridized carbons (Fsp3) is 0.348. The summed E-state index contributed by atoms with van der Waals surface area (Å²) in [7, 11) is -1.09. The molecule has 0 saturated heterocycles. The van der Waals surface area contributed by atoms with Crippen LogP contribution in [0.1, 0.15) is 11.1 Å². The van der Waals surface area contributed by atoms with E-state index in [1.54, 1.807) is 6.07 Å². The molecule has 0 saturated carbocycles. The molecule has 0 fully saturated rings. The van der Waals surface area contributed by atoms with E-state index in [4.69, 9.17) is 27.9 Å². The summed E-state index contributed by atoms with van der Waals surface area (Å²) in [5.41, 5.74) is 0.556. The van der Waals surface area contributed by atoms with E-state index in [0.29, 0.717) is 12.1 Å². The van der Waals surface area contributed by atoms with Crippen molar-refractivity contribution in [2.24, 2.45) is 4.99 Å². The largest absolute Gasteiger partial charge is 0.465 e. The van der Waals surface area contributed by atoms with E-state index in [-0.39, 0.29) is 59.2 Å². The monoisotopic (exact) mass is 574 g/mol. The molecule has 0 radical (unpaired) electrons. The van der Waals surface area contributed by atoms with Crippen LogP contribution in [-0.2, 0) is 26.1 Å². The molecule has 10 nitrogen and oxygen atoms in total. The molecule has 1 N–H and O–H groups in total. The molecule has 1 aliphatic rings. The number of carboxylic acid groups (broad SMARTS) is 1. The SMILES string of the molecule is CN(Cc1ccc(C2=NCCN2C(=O)O)cc1F)C(=O)COCCN(C)S(=O)(=O)c1cccc(Cl)c1Cl. The molecule has 1 heterocycles. The first-order valence-corrected chi connectivity index (χ1v) is 13.2. The number of halogens is 3. The van der Waals surface area contributed by atoms with Crippen LogP contribution in [0, 0.1) is 5.82 Å².